The maximum atomic E-state index is 12.7. The van der Waals surface area contributed by atoms with Crippen molar-refractivity contribution in [2.75, 3.05) is 13.2 Å². The van der Waals surface area contributed by atoms with Crippen molar-refractivity contribution in [1.29, 1.82) is 0 Å². The number of imidazole rings is 1. The zero-order valence-corrected chi connectivity index (χ0v) is 15.5. The Labute approximate surface area is 152 Å². The second-order valence-corrected chi connectivity index (χ2v) is 6.61. The van der Waals surface area contributed by atoms with Crippen LogP contribution in [0.4, 0.5) is 0 Å². The molecular weight excluding hydrogens is 336 g/mol. The molecule has 1 heterocycles. The number of carbonyl (C=O) groups is 2. The minimum Gasteiger partial charge on any atom is -0.482 e. The molecule has 1 aromatic heterocycles. The summed E-state index contributed by atoms with van der Waals surface area (Å²) in [5, 5.41) is 0. The number of esters is 2. The molecule has 7 heteroatoms. The smallest absolute Gasteiger partial charge is 0.344 e. The van der Waals surface area contributed by atoms with E-state index in [1.807, 2.05) is 20.8 Å². The van der Waals surface area contributed by atoms with Crippen LogP contribution < -0.4 is 4.74 Å². The minimum atomic E-state index is -0.657. The highest BCUT2D eigenvalue weighted by Gasteiger charge is 2.28. The maximum Gasteiger partial charge on any atom is 0.344 e. The molecule has 0 saturated carbocycles. The van der Waals surface area contributed by atoms with Crippen molar-refractivity contribution in [3.63, 3.8) is 0 Å². The van der Waals surface area contributed by atoms with Crippen LogP contribution in [0.15, 0.2) is 43.0 Å². The first kappa shape index (κ1) is 19.5. The van der Waals surface area contributed by atoms with E-state index in [-0.39, 0.29) is 12.6 Å². The predicted octanol–water partition coefficient (Wildman–Crippen LogP) is 2.76. The van der Waals surface area contributed by atoms with Gasteiger partial charge in [-0.2, -0.15) is 0 Å². The number of nitrogens with zero attached hydrogens (tertiary/aromatic N) is 2. The lowest BCUT2D eigenvalue weighted by Crippen LogP contribution is -2.30. The van der Waals surface area contributed by atoms with Crippen LogP contribution in [-0.4, -0.2) is 40.3 Å². The molecule has 2 aromatic rings. The first-order valence-corrected chi connectivity index (χ1v) is 8.39. The largest absolute Gasteiger partial charge is 0.482 e. The molecule has 0 bridgehead atoms. The average molecular weight is 360 g/mol. The molecule has 0 aliphatic heterocycles. The zero-order chi connectivity index (χ0) is 19.2. The van der Waals surface area contributed by atoms with Gasteiger partial charge in [0.25, 0.3) is 0 Å². The van der Waals surface area contributed by atoms with Crippen LogP contribution in [0.1, 0.15) is 39.3 Å². The first-order chi connectivity index (χ1) is 12.3. The van der Waals surface area contributed by atoms with Gasteiger partial charge in [0.05, 0.1) is 12.9 Å². The number of hydrogen-bond acceptors (Lipinski definition) is 6. The Kier molecular flexibility index (Phi) is 6.38. The normalized spacial score (nSPS) is 12.3. The molecule has 7 nitrogen and oxygen atoms in total. The molecule has 0 saturated heterocycles. The van der Waals surface area contributed by atoms with Gasteiger partial charge in [-0.1, -0.05) is 12.1 Å². The highest BCUT2D eigenvalue weighted by Crippen LogP contribution is 2.24. The SMILES string of the molecule is CCOC(=O)COc1ccc(C(C(=O)OC(C)(C)C)n2ccnc2)cc1. The Morgan fingerprint density at radius 3 is 2.42 bits per heavy atom. The molecule has 0 aliphatic carbocycles. The molecule has 1 atom stereocenters. The summed E-state index contributed by atoms with van der Waals surface area (Å²) < 4.78 is 17.4. The molecule has 0 fully saturated rings. The Morgan fingerprint density at radius 1 is 1.19 bits per heavy atom. The van der Waals surface area contributed by atoms with E-state index in [2.05, 4.69) is 4.98 Å². The third-order valence-electron chi connectivity index (χ3n) is 3.31. The fourth-order valence-corrected chi connectivity index (χ4v) is 2.30. The van der Waals surface area contributed by atoms with Gasteiger partial charge in [-0.15, -0.1) is 0 Å². The van der Waals surface area contributed by atoms with Crippen LogP contribution in [0, 0.1) is 0 Å². The van der Waals surface area contributed by atoms with Gasteiger partial charge in [-0.3, -0.25) is 0 Å². The van der Waals surface area contributed by atoms with Gasteiger partial charge in [-0.25, -0.2) is 14.6 Å². The van der Waals surface area contributed by atoms with Crippen molar-refractivity contribution in [2.24, 2.45) is 0 Å². The molecule has 0 amide bonds. The lowest BCUT2D eigenvalue weighted by Gasteiger charge is -2.25. The van der Waals surface area contributed by atoms with E-state index in [4.69, 9.17) is 14.2 Å². The van der Waals surface area contributed by atoms with Crippen molar-refractivity contribution < 1.29 is 23.8 Å². The third kappa shape index (κ3) is 5.61. The second kappa shape index (κ2) is 8.51. The van der Waals surface area contributed by atoms with Gasteiger partial charge in [0.15, 0.2) is 12.6 Å². The Morgan fingerprint density at radius 2 is 1.88 bits per heavy atom. The fourth-order valence-electron chi connectivity index (χ4n) is 2.30. The van der Waals surface area contributed by atoms with E-state index in [9.17, 15) is 9.59 Å². The topological polar surface area (TPSA) is 79.6 Å². The number of benzene rings is 1. The quantitative estimate of drug-likeness (QED) is 0.707. The summed E-state index contributed by atoms with van der Waals surface area (Å²) in [5.74, 6) is -0.298. The van der Waals surface area contributed by atoms with E-state index < -0.39 is 17.6 Å². The molecule has 140 valence electrons. The van der Waals surface area contributed by atoms with Gasteiger partial charge in [0, 0.05) is 12.4 Å². The summed E-state index contributed by atoms with van der Waals surface area (Å²) in [7, 11) is 0. The molecule has 1 unspecified atom stereocenters. The van der Waals surface area contributed by atoms with Gasteiger partial charge < -0.3 is 18.8 Å². The standard InChI is InChI=1S/C19H24N2O5/c1-5-24-16(22)12-25-15-8-6-14(7-9-15)17(21-11-10-20-13-21)18(23)26-19(2,3)4/h6-11,13,17H,5,12H2,1-4H3. The van der Waals surface area contributed by atoms with Gasteiger partial charge >= 0.3 is 11.9 Å². The third-order valence-corrected chi connectivity index (χ3v) is 3.31. The lowest BCUT2D eigenvalue weighted by atomic mass is 10.1. The second-order valence-electron chi connectivity index (χ2n) is 6.61. The summed E-state index contributed by atoms with van der Waals surface area (Å²) in [5.41, 5.74) is 0.124. The minimum absolute atomic E-state index is 0.162. The molecular formula is C19H24N2O5. The Bertz CT molecular complexity index is 717. The molecule has 0 radical (unpaired) electrons. The Balaban J connectivity index is 2.15. The predicted molar refractivity (Wildman–Crippen MR) is 94.8 cm³/mol. The number of aromatic nitrogens is 2. The molecule has 26 heavy (non-hydrogen) atoms. The maximum absolute atomic E-state index is 12.7. The van der Waals surface area contributed by atoms with Crippen molar-refractivity contribution in [3.8, 4) is 5.75 Å². The number of rotatable bonds is 7. The van der Waals surface area contributed by atoms with Crippen molar-refractivity contribution in [1.82, 2.24) is 9.55 Å². The molecule has 0 aliphatic rings. The number of hydrogen-bond donors (Lipinski definition) is 0. The summed E-state index contributed by atoms with van der Waals surface area (Å²) in [6.07, 6.45) is 4.88. The van der Waals surface area contributed by atoms with Gasteiger partial charge in [0.2, 0.25) is 0 Å². The van der Waals surface area contributed by atoms with Crippen molar-refractivity contribution in [2.45, 2.75) is 39.3 Å². The van der Waals surface area contributed by atoms with E-state index in [0.717, 1.165) is 5.56 Å². The Hall–Kier alpha value is -2.83. The molecule has 0 N–H and O–H groups in total. The first-order valence-electron chi connectivity index (χ1n) is 8.39. The van der Waals surface area contributed by atoms with Crippen LogP contribution in [0.2, 0.25) is 0 Å². The summed E-state index contributed by atoms with van der Waals surface area (Å²) in [6.45, 7) is 7.35. The van der Waals surface area contributed by atoms with E-state index >= 15 is 0 Å². The number of ether oxygens (including phenoxy) is 3. The highest BCUT2D eigenvalue weighted by atomic mass is 16.6. The average Bonchev–Trinajstić information content (AvgIpc) is 3.07. The zero-order valence-electron chi connectivity index (χ0n) is 15.5. The van der Waals surface area contributed by atoms with Crippen LogP contribution in [0.5, 0.6) is 5.75 Å². The van der Waals surface area contributed by atoms with E-state index in [1.54, 1.807) is 54.5 Å². The van der Waals surface area contributed by atoms with E-state index in [0.29, 0.717) is 12.4 Å². The van der Waals surface area contributed by atoms with E-state index in [1.165, 1.54) is 0 Å². The van der Waals surface area contributed by atoms with Gasteiger partial charge in [-0.05, 0) is 45.4 Å². The lowest BCUT2D eigenvalue weighted by molar-refractivity contribution is -0.157. The monoisotopic (exact) mass is 360 g/mol. The van der Waals surface area contributed by atoms with Crippen LogP contribution >= 0.6 is 0 Å². The highest BCUT2D eigenvalue weighted by molar-refractivity contribution is 5.78. The molecule has 1 aromatic carbocycles. The molecule has 0 spiro atoms. The van der Waals surface area contributed by atoms with Crippen molar-refractivity contribution >= 4 is 11.9 Å². The summed E-state index contributed by atoms with van der Waals surface area (Å²) in [6, 6.07) is 6.26. The van der Waals surface area contributed by atoms with Crippen LogP contribution in [-0.2, 0) is 19.1 Å². The van der Waals surface area contributed by atoms with Crippen LogP contribution in [0.3, 0.4) is 0 Å². The van der Waals surface area contributed by atoms with Crippen molar-refractivity contribution in [3.05, 3.63) is 48.5 Å². The molecule has 2 rings (SSSR count). The van der Waals surface area contributed by atoms with Gasteiger partial charge in [0.1, 0.15) is 11.4 Å². The van der Waals surface area contributed by atoms with Crippen LogP contribution in [0.25, 0.3) is 0 Å². The number of carbonyl (C=O) groups excluding carboxylic acids is 2. The summed E-state index contributed by atoms with van der Waals surface area (Å²) >= 11 is 0. The summed E-state index contributed by atoms with van der Waals surface area (Å²) in [4.78, 5) is 28.0. The fraction of sp³-hybridized carbons (Fsp3) is 0.421.